The Morgan fingerprint density at radius 3 is 2.56 bits per heavy atom. The van der Waals surface area contributed by atoms with Gasteiger partial charge in [-0.25, -0.2) is 0 Å². The van der Waals surface area contributed by atoms with Gasteiger partial charge in [0.05, 0.1) is 37.8 Å². The van der Waals surface area contributed by atoms with Crippen molar-refractivity contribution >= 4 is 16.6 Å². The lowest BCUT2D eigenvalue weighted by Gasteiger charge is -2.59. The van der Waals surface area contributed by atoms with Gasteiger partial charge in [0.1, 0.15) is 30.1 Å². The second-order valence-electron chi connectivity index (χ2n) is 25.9. The molecule has 8 N–H and O–H groups in total. The number of phenols is 3. The molecule has 14 rings (SSSR count). The Balaban J connectivity index is 0.966. The first-order valence-corrected chi connectivity index (χ1v) is 32.0. The molecule has 452 valence electrons. The van der Waals surface area contributed by atoms with Gasteiger partial charge in [-0.2, -0.15) is 0 Å². The number of aromatic nitrogens is 1. The molecule has 0 amide bonds. The molecule has 1 unspecified atom stereocenters. The summed E-state index contributed by atoms with van der Waals surface area (Å²) in [5, 5.41) is 76.9. The maximum Gasteiger partial charge on any atom is 0.165 e. The molecule has 13 nitrogen and oxygen atoms in total. The lowest BCUT2D eigenvalue weighted by Crippen LogP contribution is -2.59. The minimum atomic E-state index is -0.751. The van der Waals surface area contributed by atoms with Crippen molar-refractivity contribution in [3.8, 4) is 34.8 Å². The molecule has 8 aliphatic rings. The molecule has 5 aliphatic heterocycles. The van der Waals surface area contributed by atoms with E-state index < -0.39 is 6.10 Å². The molecule has 6 heterocycles. The number of aromatic hydroxyl groups is 3. The topological polar surface area (TPSA) is 187 Å². The molecule has 2 fully saturated rings. The minimum Gasteiger partial charge on any atom is -0.508 e. The van der Waals surface area contributed by atoms with Crippen molar-refractivity contribution in [2.24, 2.45) is 17.8 Å². The summed E-state index contributed by atoms with van der Waals surface area (Å²) in [6, 6.07) is 28.7. The van der Waals surface area contributed by atoms with Gasteiger partial charge in [-0.3, -0.25) is 5.32 Å². The summed E-state index contributed by atoms with van der Waals surface area (Å²) < 4.78 is 29.3. The third-order valence-corrected chi connectivity index (χ3v) is 20.8. The number of rotatable bonds is 13. The van der Waals surface area contributed by atoms with E-state index in [9.17, 15) is 30.6 Å². The standard InChI is InChI=1S/C73H85N3O10/c1-83-45-74-68-38-50-21-19-46(17-18-47-20-23-64(80)52(30-47)31-48-11-7-14-58(79)32-48)10-8-15-59-39-65(81)53-33-51(13-9-28-77)69-60(36-53)55(42-78)37-66(82)70(69)85-43-56-35-57(34-54-40-76(41-61(54)56)71(75-68)62(50)44-84-59)73-27-29-86-72(25-5-2-6-26-72)67(73)24-22-49-12-3-4-16-63(49)73/h3-4,7,11-12,14,16,20,23,30,32,34-35,37-38,40-41,46,51,53,59,65,67-68,74-75,77-82H,2,5-6,8-10,13,15,17-18,22,24-29,31,33,36,39,42-45H2,1H3/t46-,51+,53-,59+,65+,67-,68?,73-/m1/s1. The highest BCUT2D eigenvalue weighted by atomic mass is 16.5. The van der Waals surface area contributed by atoms with Gasteiger partial charge < -0.3 is 59.5 Å². The molecule has 0 radical (unpaired) electrons. The predicted molar refractivity (Wildman–Crippen MR) is 333 cm³/mol. The monoisotopic (exact) mass is 1160 g/mol. The molecule has 1 aromatic heterocycles. The number of benzene rings is 5. The molecule has 8 atom stereocenters. The zero-order valence-corrected chi connectivity index (χ0v) is 49.8. The van der Waals surface area contributed by atoms with E-state index in [4.69, 9.17) is 18.9 Å². The van der Waals surface area contributed by atoms with Crippen LogP contribution in [0.5, 0.6) is 23.0 Å². The van der Waals surface area contributed by atoms with Crippen LogP contribution >= 0.6 is 0 Å². The molecule has 13 heteroatoms. The number of dihydropyridines is 1. The van der Waals surface area contributed by atoms with E-state index in [2.05, 4.69) is 88.0 Å². The average molecular weight is 1160 g/mol. The van der Waals surface area contributed by atoms with E-state index >= 15 is 0 Å². The zero-order valence-electron chi connectivity index (χ0n) is 49.8. The highest BCUT2D eigenvalue weighted by Crippen LogP contribution is 2.60. The Morgan fingerprint density at radius 1 is 0.826 bits per heavy atom. The third-order valence-electron chi connectivity index (χ3n) is 20.8. The smallest absolute Gasteiger partial charge is 0.165 e. The molecule has 1 saturated carbocycles. The van der Waals surface area contributed by atoms with Gasteiger partial charge in [-0.05, 0) is 195 Å². The average Bonchev–Trinajstić information content (AvgIpc) is 1.08. The van der Waals surface area contributed by atoms with Crippen LogP contribution in [0.1, 0.15) is 158 Å². The van der Waals surface area contributed by atoms with Crippen molar-refractivity contribution < 1.29 is 49.6 Å². The first-order chi connectivity index (χ1) is 42.0. The van der Waals surface area contributed by atoms with E-state index in [1.165, 1.54) is 23.1 Å². The molecular weight excluding hydrogens is 1080 g/mol. The number of nitrogens with one attached hydrogen (secondary N) is 2. The normalized spacial score (nSPS) is 26.1. The van der Waals surface area contributed by atoms with E-state index in [1.54, 1.807) is 31.4 Å². The highest BCUT2D eigenvalue weighted by Gasteiger charge is 2.58. The van der Waals surface area contributed by atoms with Crippen molar-refractivity contribution in [2.75, 3.05) is 33.7 Å². The van der Waals surface area contributed by atoms with Gasteiger partial charge in [0.15, 0.2) is 11.5 Å². The lowest BCUT2D eigenvalue weighted by molar-refractivity contribution is -0.166. The summed E-state index contributed by atoms with van der Waals surface area (Å²) in [5.41, 5.74) is 11.5. The van der Waals surface area contributed by atoms with Crippen LogP contribution in [0.15, 0.2) is 115 Å². The van der Waals surface area contributed by atoms with E-state index in [0.717, 1.165) is 132 Å². The van der Waals surface area contributed by atoms with Gasteiger partial charge in [0.25, 0.3) is 0 Å². The van der Waals surface area contributed by atoms with Crippen LogP contribution in [-0.2, 0) is 58.5 Å². The second kappa shape index (κ2) is 25.2. The predicted octanol–water partition coefficient (Wildman–Crippen LogP) is 11.6. The number of aryl methyl sites for hydroxylation is 2. The molecule has 8 bridgehead atoms. The fourth-order valence-electron chi connectivity index (χ4n) is 16.6. The van der Waals surface area contributed by atoms with Crippen molar-refractivity contribution in [3.05, 3.63) is 170 Å². The minimum absolute atomic E-state index is 0.00414. The Labute approximate surface area is 506 Å². The maximum absolute atomic E-state index is 12.7. The van der Waals surface area contributed by atoms with Crippen LogP contribution in [0, 0.1) is 29.6 Å². The van der Waals surface area contributed by atoms with Gasteiger partial charge in [0.2, 0.25) is 0 Å². The van der Waals surface area contributed by atoms with Gasteiger partial charge in [-0.1, -0.05) is 85.7 Å². The summed E-state index contributed by atoms with van der Waals surface area (Å²) in [6.07, 6.45) is 20.8. The number of hydrogen-bond donors (Lipinski definition) is 8. The van der Waals surface area contributed by atoms with Gasteiger partial charge in [-0.15, -0.1) is 0 Å². The molecule has 6 aromatic rings. The molecular formula is C73H85N3O10. The zero-order chi connectivity index (χ0) is 58.9. The van der Waals surface area contributed by atoms with Crippen LogP contribution in [-0.4, -0.2) is 92.8 Å². The third kappa shape index (κ3) is 11.5. The molecule has 5 aromatic carbocycles. The van der Waals surface area contributed by atoms with E-state index in [0.29, 0.717) is 69.6 Å². The van der Waals surface area contributed by atoms with E-state index in [1.807, 2.05) is 18.2 Å². The fourth-order valence-corrected chi connectivity index (χ4v) is 16.6. The number of methoxy groups -OCH3 is 1. The molecule has 1 saturated heterocycles. The van der Waals surface area contributed by atoms with Crippen molar-refractivity contribution in [1.29, 1.82) is 0 Å². The number of aliphatic hydroxyl groups is 3. The lowest BCUT2D eigenvalue weighted by atomic mass is 9.51. The Kier molecular flexibility index (Phi) is 17.1. The summed E-state index contributed by atoms with van der Waals surface area (Å²) in [4.78, 5) is 0. The van der Waals surface area contributed by atoms with Gasteiger partial charge in [0, 0.05) is 83.9 Å². The molecule has 86 heavy (non-hydrogen) atoms. The molecule has 1 spiro atoms. The highest BCUT2D eigenvalue weighted by molar-refractivity contribution is 5.89. The maximum atomic E-state index is 12.7. The van der Waals surface area contributed by atoms with Gasteiger partial charge >= 0.3 is 0 Å². The Morgan fingerprint density at radius 2 is 1.71 bits per heavy atom. The number of aliphatic hydroxyl groups excluding tert-OH is 3. The molecule has 3 aliphatic carbocycles. The van der Waals surface area contributed by atoms with Crippen LogP contribution in [0.2, 0.25) is 0 Å². The van der Waals surface area contributed by atoms with Crippen LogP contribution in [0.4, 0.5) is 0 Å². The Hall–Kier alpha value is -6.60. The number of hydrogen-bond acceptors (Lipinski definition) is 12. The largest absolute Gasteiger partial charge is 0.508 e. The van der Waals surface area contributed by atoms with Crippen molar-refractivity contribution in [3.63, 3.8) is 0 Å². The first kappa shape index (κ1) is 58.4. The first-order valence-electron chi connectivity index (χ1n) is 32.0. The number of phenolic OH excluding ortho intramolecular Hbond substituents is 3. The number of nitrogens with zero attached hydrogens (tertiary/aromatic N) is 1. The van der Waals surface area contributed by atoms with E-state index in [-0.39, 0.29) is 90.6 Å². The summed E-state index contributed by atoms with van der Waals surface area (Å²) >= 11 is 0. The SMILES string of the molecule is COCNC1C=C2C#C[C@@H](CCc3ccc(O)c(Cc4cccc(O)c4)c3)CCC[C@H]3C[C@H](O)[C@H]4Cc5c(CO)cc(O)c(c5[C@@H](CCCO)C4)OCc4cc([C@@]56CCOC7(CCCCC7)[C@H]5CCc5ccccc56)cc5cn(cc45)C(=C2CO3)N1. The van der Waals surface area contributed by atoms with Crippen molar-refractivity contribution in [2.45, 2.75) is 171 Å². The second-order valence-corrected chi connectivity index (χ2v) is 25.9. The fraction of sp³-hybridized carbons (Fsp3) is 0.479. The summed E-state index contributed by atoms with van der Waals surface area (Å²) in [5.74, 6) is 9.11. The number of fused-ring (bicyclic) bond motifs is 7. The Bertz CT molecular complexity index is 3580. The van der Waals surface area contributed by atoms with Crippen LogP contribution in [0.3, 0.4) is 0 Å². The van der Waals surface area contributed by atoms with Crippen molar-refractivity contribution in [1.82, 2.24) is 15.2 Å². The quantitative estimate of drug-likeness (QED) is 0.0405. The number of ether oxygens (including phenoxy) is 4. The van der Waals surface area contributed by atoms with Crippen LogP contribution < -0.4 is 15.4 Å². The summed E-state index contributed by atoms with van der Waals surface area (Å²) in [7, 11) is 1.68. The van der Waals surface area contributed by atoms with Crippen LogP contribution in [0.25, 0.3) is 16.6 Å². The summed E-state index contributed by atoms with van der Waals surface area (Å²) in [6.45, 7) is 1.08.